The van der Waals surface area contributed by atoms with Gasteiger partial charge in [0, 0.05) is 16.6 Å². The Labute approximate surface area is 170 Å². The molecule has 28 heavy (non-hydrogen) atoms. The molecule has 0 amide bonds. The number of esters is 1. The Morgan fingerprint density at radius 3 is 2.64 bits per heavy atom. The minimum atomic E-state index is -3.36. The smallest absolute Gasteiger partial charge is 0.341 e. The first kappa shape index (κ1) is 20.5. The summed E-state index contributed by atoms with van der Waals surface area (Å²) in [5, 5.41) is 0. The number of carbonyl (C=O) groups is 2. The Kier molecular flexibility index (Phi) is 5.85. The first-order valence-electron chi connectivity index (χ1n) is 8.51. The van der Waals surface area contributed by atoms with Crippen molar-refractivity contribution in [2.24, 2.45) is 0 Å². The van der Waals surface area contributed by atoms with Crippen molar-refractivity contribution >= 4 is 43.4 Å². The minimum Gasteiger partial charge on any atom is -0.454 e. The first-order chi connectivity index (χ1) is 13.2. The van der Waals surface area contributed by atoms with Crippen molar-refractivity contribution < 1.29 is 27.1 Å². The van der Waals surface area contributed by atoms with E-state index in [1.807, 2.05) is 0 Å². The van der Waals surface area contributed by atoms with Crippen molar-refractivity contribution in [3.63, 3.8) is 0 Å². The highest BCUT2D eigenvalue weighted by Gasteiger charge is 2.28. The maximum atomic E-state index is 13.8. The number of nitrogens with zero attached hydrogens (tertiary/aromatic N) is 1. The maximum absolute atomic E-state index is 13.8. The number of ketones is 1. The highest BCUT2D eigenvalue weighted by Crippen LogP contribution is 2.31. The fraction of sp³-hybridized carbons (Fsp3) is 0.263. The van der Waals surface area contributed by atoms with Crippen LogP contribution in [-0.4, -0.2) is 39.1 Å². The summed E-state index contributed by atoms with van der Waals surface area (Å²) in [6.45, 7) is 1.37. The summed E-state index contributed by atoms with van der Waals surface area (Å²) in [5.74, 6) is -2.14. The second kappa shape index (κ2) is 8.00. The molecule has 0 radical (unpaired) electrons. The van der Waals surface area contributed by atoms with Crippen LogP contribution in [0.4, 0.5) is 10.1 Å². The van der Waals surface area contributed by atoms with Gasteiger partial charge < -0.3 is 4.74 Å². The zero-order valence-corrected chi connectivity index (χ0v) is 17.3. The standard InChI is InChI=1S/C19H17BrFNO5S/c1-2-28(25,26)22-8-7-12-9-13(3-6-17(12)22)18(23)11-27-19(24)15-5-4-14(20)10-16(15)21/h3-6,9-10H,2,7-8,11H2,1H3. The number of carbonyl (C=O) groups excluding carboxylic acids is 2. The molecule has 0 N–H and O–H groups in total. The van der Waals surface area contributed by atoms with Gasteiger partial charge in [-0.3, -0.25) is 9.10 Å². The Balaban J connectivity index is 1.70. The van der Waals surface area contributed by atoms with Crippen LogP contribution < -0.4 is 4.31 Å². The van der Waals surface area contributed by atoms with Crippen molar-refractivity contribution in [1.82, 2.24) is 0 Å². The average Bonchev–Trinajstić information content (AvgIpc) is 3.09. The topological polar surface area (TPSA) is 80.8 Å². The predicted molar refractivity (Wildman–Crippen MR) is 106 cm³/mol. The number of anilines is 1. The van der Waals surface area contributed by atoms with E-state index < -0.39 is 34.2 Å². The second-order valence-electron chi connectivity index (χ2n) is 6.19. The molecule has 2 aromatic carbocycles. The number of fused-ring (bicyclic) bond motifs is 1. The molecule has 0 saturated heterocycles. The molecule has 1 aliphatic rings. The lowest BCUT2D eigenvalue weighted by atomic mass is 10.1. The van der Waals surface area contributed by atoms with Gasteiger partial charge in [-0.25, -0.2) is 17.6 Å². The molecule has 3 rings (SSSR count). The number of ether oxygens (including phenoxy) is 1. The largest absolute Gasteiger partial charge is 0.454 e. The summed E-state index contributed by atoms with van der Waals surface area (Å²) in [6, 6.07) is 8.59. The van der Waals surface area contributed by atoms with Crippen LogP contribution >= 0.6 is 15.9 Å². The minimum absolute atomic E-state index is 0.00428. The maximum Gasteiger partial charge on any atom is 0.341 e. The number of Topliss-reactive ketones (excluding diaryl/α,β-unsaturated/α-hetero) is 1. The summed E-state index contributed by atoms with van der Waals surface area (Å²) in [5.41, 5.74) is 1.35. The molecule has 0 atom stereocenters. The normalized spacial score (nSPS) is 13.3. The fourth-order valence-corrected chi connectivity index (χ4v) is 4.43. The monoisotopic (exact) mass is 469 g/mol. The van der Waals surface area contributed by atoms with Gasteiger partial charge >= 0.3 is 5.97 Å². The molecule has 0 aliphatic carbocycles. The van der Waals surface area contributed by atoms with Gasteiger partial charge in [0.2, 0.25) is 10.0 Å². The van der Waals surface area contributed by atoms with Crippen LogP contribution in [-0.2, 0) is 21.2 Å². The molecule has 148 valence electrons. The summed E-state index contributed by atoms with van der Waals surface area (Å²) in [6.07, 6.45) is 0.500. The summed E-state index contributed by atoms with van der Waals surface area (Å²) < 4.78 is 44.8. The number of halogens is 2. The van der Waals surface area contributed by atoms with E-state index in [1.165, 1.54) is 22.5 Å². The van der Waals surface area contributed by atoms with Gasteiger partial charge in [0.1, 0.15) is 5.82 Å². The van der Waals surface area contributed by atoms with Crippen molar-refractivity contribution in [3.8, 4) is 0 Å². The second-order valence-corrected chi connectivity index (χ2v) is 9.29. The molecular formula is C19H17BrFNO5S. The van der Waals surface area contributed by atoms with Gasteiger partial charge in [-0.2, -0.15) is 0 Å². The quantitative estimate of drug-likeness (QED) is 0.478. The van der Waals surface area contributed by atoms with Crippen LogP contribution in [0.3, 0.4) is 0 Å². The van der Waals surface area contributed by atoms with E-state index in [4.69, 9.17) is 4.74 Å². The van der Waals surface area contributed by atoms with Gasteiger partial charge in [-0.15, -0.1) is 0 Å². The molecule has 0 fully saturated rings. The number of rotatable bonds is 6. The highest BCUT2D eigenvalue weighted by molar-refractivity contribution is 9.10. The van der Waals surface area contributed by atoms with Crippen LogP contribution in [0.15, 0.2) is 40.9 Å². The van der Waals surface area contributed by atoms with Gasteiger partial charge in [0.25, 0.3) is 0 Å². The zero-order chi connectivity index (χ0) is 20.5. The Hall–Kier alpha value is -2.26. The third kappa shape index (κ3) is 4.10. The Morgan fingerprint density at radius 2 is 1.96 bits per heavy atom. The molecule has 0 spiro atoms. The number of hydrogen-bond acceptors (Lipinski definition) is 5. The van der Waals surface area contributed by atoms with Crippen molar-refractivity contribution in [3.05, 3.63) is 63.4 Å². The van der Waals surface area contributed by atoms with Crippen LogP contribution in [0.25, 0.3) is 0 Å². The number of benzene rings is 2. The first-order valence-corrected chi connectivity index (χ1v) is 10.9. The summed E-state index contributed by atoms with van der Waals surface area (Å²) >= 11 is 3.10. The van der Waals surface area contributed by atoms with Gasteiger partial charge in [0.05, 0.1) is 17.0 Å². The number of sulfonamides is 1. The predicted octanol–water partition coefficient (Wildman–Crippen LogP) is 3.34. The van der Waals surface area contributed by atoms with Gasteiger partial charge in [0.15, 0.2) is 12.4 Å². The van der Waals surface area contributed by atoms with E-state index in [0.29, 0.717) is 28.7 Å². The van der Waals surface area contributed by atoms with Crippen LogP contribution in [0.5, 0.6) is 0 Å². The molecule has 1 heterocycles. The molecule has 6 nitrogen and oxygen atoms in total. The van der Waals surface area contributed by atoms with E-state index in [2.05, 4.69) is 15.9 Å². The third-order valence-corrected chi connectivity index (χ3v) is 6.71. The molecule has 2 aromatic rings. The summed E-state index contributed by atoms with van der Waals surface area (Å²) in [7, 11) is -3.36. The lowest BCUT2D eigenvalue weighted by molar-refractivity contribution is 0.0470. The number of hydrogen-bond donors (Lipinski definition) is 0. The molecule has 0 bridgehead atoms. The van der Waals surface area contributed by atoms with E-state index >= 15 is 0 Å². The summed E-state index contributed by atoms with van der Waals surface area (Å²) in [4.78, 5) is 24.3. The Bertz CT molecular complexity index is 1050. The van der Waals surface area contributed by atoms with Crippen LogP contribution in [0, 0.1) is 5.82 Å². The zero-order valence-electron chi connectivity index (χ0n) is 14.9. The van der Waals surface area contributed by atoms with E-state index in [0.717, 1.165) is 11.6 Å². The van der Waals surface area contributed by atoms with Crippen LogP contribution in [0.2, 0.25) is 0 Å². The van der Waals surface area contributed by atoms with Gasteiger partial charge in [-0.05, 0) is 55.3 Å². The molecule has 9 heteroatoms. The molecule has 1 aliphatic heterocycles. The van der Waals surface area contributed by atoms with E-state index in [-0.39, 0.29) is 11.3 Å². The average molecular weight is 470 g/mol. The van der Waals surface area contributed by atoms with Crippen molar-refractivity contribution in [1.29, 1.82) is 0 Å². The Morgan fingerprint density at radius 1 is 1.21 bits per heavy atom. The molecule has 0 unspecified atom stereocenters. The lowest BCUT2D eigenvalue weighted by Gasteiger charge is -2.18. The van der Waals surface area contributed by atoms with E-state index in [1.54, 1.807) is 19.1 Å². The van der Waals surface area contributed by atoms with Crippen molar-refractivity contribution in [2.45, 2.75) is 13.3 Å². The lowest BCUT2D eigenvalue weighted by Crippen LogP contribution is -2.30. The molecule has 0 saturated carbocycles. The highest BCUT2D eigenvalue weighted by atomic mass is 79.9. The van der Waals surface area contributed by atoms with E-state index in [9.17, 15) is 22.4 Å². The SMILES string of the molecule is CCS(=O)(=O)N1CCc2cc(C(=O)COC(=O)c3ccc(Br)cc3F)ccc21. The molecular weight excluding hydrogens is 453 g/mol. The molecule has 0 aromatic heterocycles. The fourth-order valence-electron chi connectivity index (χ4n) is 2.94. The van der Waals surface area contributed by atoms with Gasteiger partial charge in [-0.1, -0.05) is 15.9 Å². The van der Waals surface area contributed by atoms with Crippen molar-refractivity contribution in [2.75, 3.05) is 23.2 Å². The van der Waals surface area contributed by atoms with Crippen LogP contribution in [0.1, 0.15) is 33.2 Å². The third-order valence-electron chi connectivity index (χ3n) is 4.44.